The summed E-state index contributed by atoms with van der Waals surface area (Å²) in [6.45, 7) is 2.20. The topological polar surface area (TPSA) is 64.3 Å². The van der Waals surface area contributed by atoms with Crippen LogP contribution in [0, 0.1) is 5.92 Å². The van der Waals surface area contributed by atoms with Crippen LogP contribution in [0.15, 0.2) is 104 Å². The third kappa shape index (κ3) is 4.24. The molecular weight excluding hydrogens is 448 g/mol. The average Bonchev–Trinajstić information content (AvgIpc) is 3.43. The molecule has 1 saturated carbocycles. The summed E-state index contributed by atoms with van der Waals surface area (Å²) < 4.78 is 7.33. The van der Waals surface area contributed by atoms with Gasteiger partial charge in [0.15, 0.2) is 0 Å². The SMILES string of the molecule is CCOC(=O)[C@H]1CC[C@](O)(c2cn(C(c3ccccc3)(c3ccccc3)c3ccccc3)cn2)CC1. The van der Waals surface area contributed by atoms with E-state index in [0.717, 1.165) is 16.7 Å². The van der Waals surface area contributed by atoms with Gasteiger partial charge in [-0.15, -0.1) is 0 Å². The van der Waals surface area contributed by atoms with Crippen LogP contribution in [-0.2, 0) is 20.7 Å². The molecule has 0 aliphatic heterocycles. The van der Waals surface area contributed by atoms with Crippen molar-refractivity contribution in [3.63, 3.8) is 0 Å². The number of hydrogen-bond acceptors (Lipinski definition) is 4. The minimum Gasteiger partial charge on any atom is -0.466 e. The first-order valence-electron chi connectivity index (χ1n) is 12.7. The molecule has 1 aliphatic carbocycles. The Kier molecular flexibility index (Phi) is 6.75. The number of nitrogens with zero attached hydrogens (tertiary/aromatic N) is 2. The number of ether oxygens (including phenoxy) is 1. The van der Waals surface area contributed by atoms with Crippen molar-refractivity contribution in [2.45, 2.75) is 43.7 Å². The zero-order chi connectivity index (χ0) is 25.0. The molecule has 0 spiro atoms. The van der Waals surface area contributed by atoms with Crippen molar-refractivity contribution in [1.29, 1.82) is 0 Å². The molecule has 1 aliphatic rings. The van der Waals surface area contributed by atoms with Crippen LogP contribution in [-0.4, -0.2) is 27.2 Å². The lowest BCUT2D eigenvalue weighted by Gasteiger charge is -2.38. The van der Waals surface area contributed by atoms with Crippen molar-refractivity contribution >= 4 is 5.97 Å². The maximum atomic E-state index is 12.2. The molecule has 4 aromatic rings. The molecule has 0 radical (unpaired) electrons. The van der Waals surface area contributed by atoms with Gasteiger partial charge in [-0.25, -0.2) is 4.98 Å². The molecule has 3 aromatic carbocycles. The van der Waals surface area contributed by atoms with Crippen LogP contribution in [0.3, 0.4) is 0 Å². The molecule has 5 rings (SSSR count). The van der Waals surface area contributed by atoms with Gasteiger partial charge in [-0.1, -0.05) is 91.0 Å². The highest BCUT2D eigenvalue weighted by Crippen LogP contribution is 2.43. The number of aromatic nitrogens is 2. The summed E-state index contributed by atoms with van der Waals surface area (Å²) in [5.41, 5.74) is 2.19. The van der Waals surface area contributed by atoms with Crippen LogP contribution in [0.4, 0.5) is 0 Å². The molecule has 1 fully saturated rings. The molecule has 184 valence electrons. The van der Waals surface area contributed by atoms with Gasteiger partial charge in [-0.05, 0) is 49.3 Å². The van der Waals surface area contributed by atoms with Gasteiger partial charge in [0, 0.05) is 6.20 Å². The van der Waals surface area contributed by atoms with Gasteiger partial charge in [0.05, 0.1) is 24.5 Å². The minimum absolute atomic E-state index is 0.163. The van der Waals surface area contributed by atoms with Crippen molar-refractivity contribution in [3.8, 4) is 0 Å². The third-order valence-electron chi connectivity index (χ3n) is 7.45. The summed E-state index contributed by atoms with van der Waals surface area (Å²) in [7, 11) is 0. The summed E-state index contributed by atoms with van der Waals surface area (Å²) in [6, 6.07) is 31.2. The van der Waals surface area contributed by atoms with E-state index < -0.39 is 11.1 Å². The van der Waals surface area contributed by atoms with Gasteiger partial charge in [0.1, 0.15) is 11.1 Å². The van der Waals surface area contributed by atoms with Crippen molar-refractivity contribution in [1.82, 2.24) is 9.55 Å². The van der Waals surface area contributed by atoms with Crippen LogP contribution >= 0.6 is 0 Å². The van der Waals surface area contributed by atoms with Crippen LogP contribution < -0.4 is 0 Å². The summed E-state index contributed by atoms with van der Waals surface area (Å²) in [4.78, 5) is 17.0. The smallest absolute Gasteiger partial charge is 0.308 e. The van der Waals surface area contributed by atoms with Gasteiger partial charge in [0.25, 0.3) is 0 Å². The molecule has 1 N–H and O–H groups in total. The molecular formula is C31H32N2O3. The highest BCUT2D eigenvalue weighted by Gasteiger charge is 2.42. The number of esters is 1. The van der Waals surface area contributed by atoms with Crippen LogP contribution in [0.1, 0.15) is 55.0 Å². The second-order valence-corrected chi connectivity index (χ2v) is 9.53. The quantitative estimate of drug-likeness (QED) is 0.274. The Bertz CT molecular complexity index is 1180. The van der Waals surface area contributed by atoms with Crippen LogP contribution in [0.5, 0.6) is 0 Å². The fourth-order valence-electron chi connectivity index (χ4n) is 5.58. The fourth-order valence-corrected chi connectivity index (χ4v) is 5.58. The predicted molar refractivity (Wildman–Crippen MR) is 139 cm³/mol. The third-order valence-corrected chi connectivity index (χ3v) is 7.45. The van der Waals surface area contributed by atoms with E-state index in [2.05, 4.69) is 77.4 Å². The zero-order valence-electron chi connectivity index (χ0n) is 20.6. The average molecular weight is 481 g/mol. The van der Waals surface area contributed by atoms with E-state index in [0.29, 0.717) is 38.0 Å². The van der Waals surface area contributed by atoms with E-state index in [1.165, 1.54) is 0 Å². The van der Waals surface area contributed by atoms with Crippen LogP contribution in [0.25, 0.3) is 0 Å². The van der Waals surface area contributed by atoms with Gasteiger partial charge < -0.3 is 14.4 Å². The number of hydrogen-bond donors (Lipinski definition) is 1. The normalized spacial score (nSPS) is 20.1. The molecule has 0 saturated heterocycles. The largest absolute Gasteiger partial charge is 0.466 e. The van der Waals surface area contributed by atoms with Crippen molar-refractivity contribution in [2.75, 3.05) is 6.61 Å². The Morgan fingerprint density at radius 2 is 1.39 bits per heavy atom. The molecule has 5 nitrogen and oxygen atoms in total. The summed E-state index contributed by atoms with van der Waals surface area (Å²) in [6.07, 6.45) is 5.94. The number of carbonyl (C=O) groups is 1. The first-order valence-corrected chi connectivity index (χ1v) is 12.7. The Balaban J connectivity index is 1.60. The minimum atomic E-state index is -1.08. The highest BCUT2D eigenvalue weighted by molar-refractivity contribution is 5.72. The molecule has 1 aromatic heterocycles. The summed E-state index contributed by atoms with van der Waals surface area (Å²) >= 11 is 0. The zero-order valence-corrected chi connectivity index (χ0v) is 20.6. The lowest BCUT2D eigenvalue weighted by molar-refractivity contribution is -0.151. The van der Waals surface area contributed by atoms with Crippen molar-refractivity contribution in [2.24, 2.45) is 5.92 Å². The molecule has 36 heavy (non-hydrogen) atoms. The molecule has 5 heteroatoms. The second kappa shape index (κ2) is 10.1. The predicted octanol–water partition coefficient (Wildman–Crippen LogP) is 5.66. The van der Waals surface area contributed by atoms with E-state index in [1.54, 1.807) is 0 Å². The maximum absolute atomic E-state index is 12.2. The lowest BCUT2D eigenvalue weighted by atomic mass is 9.76. The summed E-state index contributed by atoms with van der Waals surface area (Å²) in [5.74, 6) is -0.328. The van der Waals surface area contributed by atoms with Gasteiger partial charge >= 0.3 is 5.97 Å². The Labute approximate surface area is 212 Å². The second-order valence-electron chi connectivity index (χ2n) is 9.53. The number of aliphatic hydroxyl groups is 1. The number of benzene rings is 3. The number of imidazole rings is 1. The Hall–Kier alpha value is -3.70. The standard InChI is InChI=1S/C31H32N2O3/c1-2-36-29(34)24-18-20-30(35,21-19-24)28-22-33(23-32-28)31(25-12-6-3-7-13-25,26-14-8-4-9-15-26)27-16-10-5-11-17-27/h3-17,22-24,35H,2,18-21H2,1H3/t24-,30+. The maximum Gasteiger partial charge on any atom is 0.308 e. The monoisotopic (exact) mass is 480 g/mol. The van der Waals surface area contributed by atoms with E-state index in [1.807, 2.05) is 37.6 Å². The van der Waals surface area contributed by atoms with E-state index in [4.69, 9.17) is 9.72 Å². The van der Waals surface area contributed by atoms with E-state index in [9.17, 15) is 9.90 Å². The molecule has 0 unspecified atom stereocenters. The fraction of sp³-hybridized carbons (Fsp3) is 0.290. The lowest BCUT2D eigenvalue weighted by Crippen LogP contribution is -2.37. The van der Waals surface area contributed by atoms with Gasteiger partial charge in [-0.2, -0.15) is 0 Å². The van der Waals surface area contributed by atoms with Crippen molar-refractivity contribution < 1.29 is 14.6 Å². The van der Waals surface area contributed by atoms with E-state index >= 15 is 0 Å². The first kappa shape index (κ1) is 24.0. The molecule has 0 atom stereocenters. The highest BCUT2D eigenvalue weighted by atomic mass is 16.5. The molecule has 1 heterocycles. The van der Waals surface area contributed by atoms with Gasteiger partial charge in [-0.3, -0.25) is 4.79 Å². The Morgan fingerprint density at radius 3 is 1.83 bits per heavy atom. The molecule has 0 amide bonds. The van der Waals surface area contributed by atoms with E-state index in [-0.39, 0.29) is 11.9 Å². The van der Waals surface area contributed by atoms with Crippen LogP contribution in [0.2, 0.25) is 0 Å². The summed E-state index contributed by atoms with van der Waals surface area (Å²) in [5, 5.41) is 11.6. The van der Waals surface area contributed by atoms with Gasteiger partial charge in [0.2, 0.25) is 0 Å². The van der Waals surface area contributed by atoms with Crippen molar-refractivity contribution in [3.05, 3.63) is 126 Å². The Morgan fingerprint density at radius 1 is 0.917 bits per heavy atom. The first-order chi connectivity index (χ1) is 17.6. The number of carbonyl (C=O) groups excluding carboxylic acids is 1. The number of rotatable bonds is 7. The molecule has 0 bridgehead atoms.